The second kappa shape index (κ2) is 13.6. The lowest BCUT2D eigenvalue weighted by Crippen LogP contribution is -2.46. The number of benzene rings is 2. The first-order valence-corrected chi connectivity index (χ1v) is 17.6. The predicted molar refractivity (Wildman–Crippen MR) is 174 cm³/mol. The molecule has 0 spiro atoms. The molecule has 1 saturated heterocycles. The number of hydrogen-bond acceptors (Lipinski definition) is 7. The van der Waals surface area contributed by atoms with Crippen molar-refractivity contribution in [2.75, 3.05) is 52.7 Å². The molecule has 3 aliphatic rings. The van der Waals surface area contributed by atoms with Crippen molar-refractivity contribution in [3.63, 3.8) is 0 Å². The largest absolute Gasteiger partial charge is 0.379 e. The molecule has 10 nitrogen and oxygen atoms in total. The molecule has 1 fully saturated rings. The van der Waals surface area contributed by atoms with Gasteiger partial charge in [-0.25, -0.2) is 8.42 Å². The Balaban J connectivity index is 1.26. The van der Waals surface area contributed by atoms with Crippen LogP contribution in [0.2, 0.25) is 5.02 Å². The van der Waals surface area contributed by atoms with Crippen LogP contribution in [0.3, 0.4) is 0 Å². The summed E-state index contributed by atoms with van der Waals surface area (Å²) >= 11 is 6.62. The van der Waals surface area contributed by atoms with E-state index in [1.54, 1.807) is 7.05 Å². The number of morpholine rings is 1. The number of hydrogen-bond donors (Lipinski definition) is 2. The topological polar surface area (TPSA) is 109 Å². The molecule has 1 atom stereocenters. The van der Waals surface area contributed by atoms with Gasteiger partial charge in [0.2, 0.25) is 15.9 Å². The molecule has 4 heterocycles. The van der Waals surface area contributed by atoms with Crippen LogP contribution in [-0.2, 0) is 52.0 Å². The van der Waals surface area contributed by atoms with Crippen molar-refractivity contribution in [2.24, 2.45) is 0 Å². The van der Waals surface area contributed by atoms with Crippen molar-refractivity contribution in [3.05, 3.63) is 74.9 Å². The zero-order chi connectivity index (χ0) is 31.6. The van der Waals surface area contributed by atoms with E-state index >= 15 is 0 Å². The molecule has 0 saturated carbocycles. The third-order valence-corrected chi connectivity index (χ3v) is 10.4. The highest BCUT2D eigenvalue weighted by atomic mass is 35.5. The van der Waals surface area contributed by atoms with E-state index in [1.807, 2.05) is 30.3 Å². The predicted octanol–water partition coefficient (Wildman–Crippen LogP) is 2.40. The number of ether oxygens (including phenoxy) is 1. The van der Waals surface area contributed by atoms with E-state index in [0.717, 1.165) is 85.0 Å². The summed E-state index contributed by atoms with van der Waals surface area (Å²) in [4.78, 5) is 14.5. The molecule has 1 unspecified atom stereocenters. The fourth-order valence-electron chi connectivity index (χ4n) is 6.29. The lowest BCUT2D eigenvalue weighted by molar-refractivity contribution is -0.122. The molecule has 2 N–H and O–H groups in total. The first-order valence-electron chi connectivity index (χ1n) is 15.4. The van der Waals surface area contributed by atoms with Crippen molar-refractivity contribution in [3.8, 4) is 23.1 Å². The second-order valence-electron chi connectivity index (χ2n) is 11.8. The van der Waals surface area contributed by atoms with Crippen LogP contribution in [0.5, 0.6) is 0 Å². The second-order valence-corrected chi connectivity index (χ2v) is 14.2. The molecule has 1 amide bonds. The Kier molecular flexibility index (Phi) is 9.61. The van der Waals surface area contributed by atoms with E-state index in [-0.39, 0.29) is 11.9 Å². The van der Waals surface area contributed by atoms with Crippen LogP contribution in [0, 0.1) is 11.8 Å². The van der Waals surface area contributed by atoms with Crippen molar-refractivity contribution >= 4 is 27.5 Å². The Hall–Kier alpha value is -3.24. The summed E-state index contributed by atoms with van der Waals surface area (Å²) in [6.45, 7) is 6.50. The molecule has 3 aliphatic heterocycles. The SMILES string of the molecule is CNC(=O)C1Cc2ccc(C#Cc3cc(-c4nn(CCCN5CCOCC5)c5c4CN(S(C)(=O)=O)CC5)ccc3Cl)cc2CN1. The van der Waals surface area contributed by atoms with Gasteiger partial charge in [-0.15, -0.1) is 0 Å². The third-order valence-electron chi connectivity index (χ3n) is 8.83. The van der Waals surface area contributed by atoms with Gasteiger partial charge < -0.3 is 15.4 Å². The minimum absolute atomic E-state index is 0.0119. The number of rotatable bonds is 7. The summed E-state index contributed by atoms with van der Waals surface area (Å²) in [6, 6.07) is 11.6. The van der Waals surface area contributed by atoms with Crippen LogP contribution in [0.15, 0.2) is 36.4 Å². The smallest absolute Gasteiger partial charge is 0.237 e. The van der Waals surface area contributed by atoms with E-state index in [1.165, 1.54) is 10.6 Å². The lowest BCUT2D eigenvalue weighted by Gasteiger charge is -2.27. The Morgan fingerprint density at radius 1 is 1.11 bits per heavy atom. The van der Waals surface area contributed by atoms with E-state index in [0.29, 0.717) is 43.1 Å². The van der Waals surface area contributed by atoms with E-state index in [4.69, 9.17) is 21.4 Å². The number of sulfonamides is 1. The van der Waals surface area contributed by atoms with Gasteiger partial charge in [-0.1, -0.05) is 35.6 Å². The zero-order valence-corrected chi connectivity index (χ0v) is 27.3. The van der Waals surface area contributed by atoms with Gasteiger partial charge in [-0.3, -0.25) is 14.4 Å². The number of aryl methyl sites for hydroxylation is 1. The van der Waals surface area contributed by atoms with Crippen LogP contribution in [0.4, 0.5) is 0 Å². The Labute approximate surface area is 270 Å². The van der Waals surface area contributed by atoms with Crippen LogP contribution in [0.1, 0.15) is 39.9 Å². The fraction of sp³-hybridized carbons (Fsp3) is 0.455. The van der Waals surface area contributed by atoms with Crippen molar-refractivity contribution in [1.29, 1.82) is 0 Å². The van der Waals surface area contributed by atoms with Gasteiger partial charge in [0, 0.05) is 87.2 Å². The highest BCUT2D eigenvalue weighted by Crippen LogP contribution is 2.33. The number of halogens is 1. The van der Waals surface area contributed by atoms with Crippen molar-refractivity contribution in [2.45, 2.75) is 44.9 Å². The highest BCUT2D eigenvalue weighted by molar-refractivity contribution is 7.88. The monoisotopic (exact) mass is 650 g/mol. The molecule has 238 valence electrons. The van der Waals surface area contributed by atoms with Gasteiger partial charge in [-0.05, 0) is 48.2 Å². The van der Waals surface area contributed by atoms with Gasteiger partial charge in [0.15, 0.2) is 0 Å². The summed E-state index contributed by atoms with van der Waals surface area (Å²) in [5, 5.41) is 11.6. The maximum absolute atomic E-state index is 12.5. The summed E-state index contributed by atoms with van der Waals surface area (Å²) in [5.41, 5.74) is 7.47. The minimum Gasteiger partial charge on any atom is -0.379 e. The number of carbonyl (C=O) groups is 1. The fourth-order valence-corrected chi connectivity index (χ4v) is 7.25. The standard InChI is InChI=1S/C33H39ClN6O4S/c1-35-33(41)30-20-24-6-4-23(18-27(24)21-36-30)5-7-25-19-26(8-9-29(25)34)32-28-22-39(45(2,42)43)13-10-31(28)40(37-32)12-3-11-38-14-16-44-17-15-38/h4,6,8-9,18-19,30,36H,3,10-17,20-22H2,1-2H3,(H,35,41). The first kappa shape index (κ1) is 31.7. The number of amides is 1. The molecule has 0 bridgehead atoms. The molecule has 1 aromatic heterocycles. The quantitative estimate of drug-likeness (QED) is 0.378. The normalized spacial score (nSPS) is 18.9. The average Bonchev–Trinajstić information content (AvgIpc) is 3.41. The number of nitrogens with one attached hydrogen (secondary N) is 2. The maximum Gasteiger partial charge on any atom is 0.237 e. The zero-order valence-electron chi connectivity index (χ0n) is 25.7. The number of fused-ring (bicyclic) bond motifs is 2. The van der Waals surface area contributed by atoms with E-state index in [9.17, 15) is 13.2 Å². The van der Waals surface area contributed by atoms with Crippen LogP contribution in [-0.4, -0.2) is 92.0 Å². The molecule has 12 heteroatoms. The summed E-state index contributed by atoms with van der Waals surface area (Å²) in [5.74, 6) is 6.50. The van der Waals surface area contributed by atoms with Crippen molar-refractivity contribution in [1.82, 2.24) is 29.6 Å². The van der Waals surface area contributed by atoms with E-state index in [2.05, 4.69) is 38.1 Å². The average molecular weight is 651 g/mol. The Morgan fingerprint density at radius 3 is 2.71 bits per heavy atom. The van der Waals surface area contributed by atoms with Crippen LogP contribution < -0.4 is 10.6 Å². The number of likely N-dealkylation sites (N-methyl/N-ethyl adjacent to an activating group) is 1. The third kappa shape index (κ3) is 7.27. The molecule has 45 heavy (non-hydrogen) atoms. The molecular formula is C33H39ClN6O4S. The van der Waals surface area contributed by atoms with Gasteiger partial charge in [0.05, 0.1) is 36.2 Å². The lowest BCUT2D eigenvalue weighted by atomic mass is 9.93. The first-order chi connectivity index (χ1) is 21.7. The molecule has 0 aliphatic carbocycles. The molecule has 0 radical (unpaired) electrons. The summed E-state index contributed by atoms with van der Waals surface area (Å²) in [7, 11) is -1.70. The number of aromatic nitrogens is 2. The van der Waals surface area contributed by atoms with Gasteiger partial charge in [-0.2, -0.15) is 9.40 Å². The van der Waals surface area contributed by atoms with Crippen LogP contribution in [0.25, 0.3) is 11.3 Å². The van der Waals surface area contributed by atoms with Crippen molar-refractivity contribution < 1.29 is 17.9 Å². The van der Waals surface area contributed by atoms with Crippen LogP contribution >= 0.6 is 11.6 Å². The molecule has 3 aromatic rings. The molecule has 2 aromatic carbocycles. The Bertz CT molecular complexity index is 1760. The van der Waals surface area contributed by atoms with E-state index < -0.39 is 10.0 Å². The highest BCUT2D eigenvalue weighted by Gasteiger charge is 2.30. The summed E-state index contributed by atoms with van der Waals surface area (Å²) in [6.07, 6.45) is 3.46. The summed E-state index contributed by atoms with van der Waals surface area (Å²) < 4.78 is 34.1. The van der Waals surface area contributed by atoms with Gasteiger partial charge in [0.25, 0.3) is 0 Å². The Morgan fingerprint density at radius 2 is 1.93 bits per heavy atom. The minimum atomic E-state index is -3.35. The molecule has 6 rings (SSSR count). The number of nitrogens with zero attached hydrogens (tertiary/aromatic N) is 4. The van der Waals surface area contributed by atoms with Gasteiger partial charge in [0.1, 0.15) is 0 Å². The van der Waals surface area contributed by atoms with Gasteiger partial charge >= 0.3 is 0 Å². The molecular weight excluding hydrogens is 612 g/mol. The number of carbonyl (C=O) groups excluding carboxylic acids is 1. The maximum atomic E-state index is 12.5.